The van der Waals surface area contributed by atoms with E-state index in [1.54, 1.807) is 0 Å². The van der Waals surface area contributed by atoms with Gasteiger partial charge in [-0.2, -0.15) is 0 Å². The Kier molecular flexibility index (Phi) is 12.7. The highest BCUT2D eigenvalue weighted by Crippen LogP contribution is 2.59. The van der Waals surface area contributed by atoms with E-state index < -0.39 is 0 Å². The number of epoxide rings is 1. The highest BCUT2D eigenvalue weighted by Gasteiger charge is 2.67. The van der Waals surface area contributed by atoms with Gasteiger partial charge in [-0.05, 0) is 25.7 Å². The number of unbranched alkanes of at least 4 members (excludes halogenated alkanes) is 10. The van der Waals surface area contributed by atoms with Crippen LogP contribution in [0.3, 0.4) is 0 Å². The highest BCUT2D eigenvalue weighted by atomic mass is 35.5. The lowest BCUT2D eigenvalue weighted by Gasteiger charge is -2.18. The number of ether oxygens (including phenoxy) is 1. The minimum Gasteiger partial charge on any atom is -0.346 e. The van der Waals surface area contributed by atoms with Gasteiger partial charge in [-0.1, -0.05) is 109 Å². The van der Waals surface area contributed by atoms with Gasteiger partial charge in [0.25, 0.3) is 0 Å². The predicted octanol–water partition coefficient (Wildman–Crippen LogP) is 8.01. The lowest BCUT2D eigenvalue weighted by atomic mass is 9.86. The first-order chi connectivity index (χ1) is 11.0. The Morgan fingerprint density at radius 1 is 0.792 bits per heavy atom. The van der Waals surface area contributed by atoms with Crippen LogP contribution in [0.1, 0.15) is 118 Å². The number of alkyl halides is 1. The Hall–Kier alpha value is 0.210. The summed E-state index contributed by atoms with van der Waals surface area (Å²) in [4.78, 5) is 0. The average Bonchev–Trinajstić information content (AvgIpc) is 3.07. The summed E-state index contributed by atoms with van der Waals surface area (Å²) < 4.78 is 5.91. The molecule has 0 aromatic rings. The van der Waals surface area contributed by atoms with Crippen LogP contribution >= 0.6 is 11.6 Å². The molecule has 1 saturated heterocycles. The van der Waals surface area contributed by atoms with E-state index in [9.17, 15) is 0 Å². The van der Waals surface area contributed by atoms with Crippen molar-refractivity contribution in [2.24, 2.45) is 5.92 Å². The van der Waals surface area contributed by atoms with E-state index in [0.717, 1.165) is 12.8 Å². The highest BCUT2D eigenvalue weighted by molar-refractivity contribution is 6.25. The van der Waals surface area contributed by atoms with E-state index in [0.29, 0.717) is 5.92 Å². The second kappa shape index (κ2) is 12.5. The van der Waals surface area contributed by atoms with Crippen LogP contribution in [0, 0.1) is 5.92 Å². The number of halogens is 1. The van der Waals surface area contributed by atoms with E-state index in [-0.39, 0.29) is 16.8 Å². The quantitative estimate of drug-likeness (QED) is 0.182. The van der Waals surface area contributed by atoms with Crippen LogP contribution in [-0.4, -0.2) is 10.7 Å². The maximum absolute atomic E-state index is 6.57. The molecule has 0 aromatic carbocycles. The zero-order valence-corrected chi connectivity index (χ0v) is 17.7. The molecule has 2 nitrogen and oxygen atoms in total. The molecule has 0 spiro atoms. The molecule has 1 aliphatic rings. The predicted molar refractivity (Wildman–Crippen MR) is 108 cm³/mol. The van der Waals surface area contributed by atoms with Gasteiger partial charge in [-0.3, -0.25) is 0 Å². The normalized spacial score (nSPS) is 26.9. The second-order valence-corrected chi connectivity index (χ2v) is 8.52. The Morgan fingerprint density at radius 2 is 1.25 bits per heavy atom. The average molecular weight is 362 g/mol. The monoisotopic (exact) mass is 361 g/mol. The van der Waals surface area contributed by atoms with Crippen molar-refractivity contribution in [2.75, 3.05) is 0 Å². The van der Waals surface area contributed by atoms with Gasteiger partial charge in [0, 0.05) is 0 Å². The molecule has 0 aromatic heterocycles. The van der Waals surface area contributed by atoms with Crippen LogP contribution in [0.4, 0.5) is 0 Å². The van der Waals surface area contributed by atoms with Gasteiger partial charge in [0.15, 0.2) is 5.06 Å². The van der Waals surface area contributed by atoms with Crippen molar-refractivity contribution in [3.8, 4) is 0 Å². The zero-order valence-electron chi connectivity index (χ0n) is 17.0. The summed E-state index contributed by atoms with van der Waals surface area (Å²) in [5, 5.41) is -0.362. The summed E-state index contributed by atoms with van der Waals surface area (Å²) in [5.74, 6) is 0.574. The maximum atomic E-state index is 6.57. The Morgan fingerprint density at radius 3 is 1.71 bits per heavy atom. The maximum Gasteiger partial charge on any atom is 0.171 e. The summed E-state index contributed by atoms with van der Waals surface area (Å²) in [6.45, 7) is 8.99. The summed E-state index contributed by atoms with van der Waals surface area (Å²) >= 11 is 6.57. The molecule has 1 heterocycles. The van der Waals surface area contributed by atoms with Crippen LogP contribution in [0.2, 0.25) is 0 Å². The zero-order chi connectivity index (χ0) is 17.2. The summed E-state index contributed by atoms with van der Waals surface area (Å²) in [5.41, 5.74) is -0.0803. The van der Waals surface area contributed by atoms with Crippen molar-refractivity contribution in [3.63, 3.8) is 0 Å². The molecule has 0 saturated carbocycles. The van der Waals surface area contributed by atoms with Crippen LogP contribution in [0.15, 0.2) is 0 Å². The first-order valence-corrected chi connectivity index (χ1v) is 10.8. The van der Waals surface area contributed by atoms with E-state index in [1.807, 2.05) is 0 Å². The SMILES string of the molecule is CCCCCCCCCCCCCC(C)C1(C)OC1(Cl)CCC.N. The van der Waals surface area contributed by atoms with Gasteiger partial charge < -0.3 is 10.9 Å². The number of hydrogen-bond donors (Lipinski definition) is 1. The largest absolute Gasteiger partial charge is 0.346 e. The first kappa shape index (κ1) is 24.2. The van der Waals surface area contributed by atoms with Gasteiger partial charge in [0.2, 0.25) is 0 Å². The molecule has 24 heavy (non-hydrogen) atoms. The van der Waals surface area contributed by atoms with Crippen molar-refractivity contribution in [2.45, 2.75) is 128 Å². The third-order valence-electron chi connectivity index (χ3n) is 5.83. The molecular weight excluding hydrogens is 318 g/mol. The van der Waals surface area contributed by atoms with Crippen molar-refractivity contribution in [1.29, 1.82) is 0 Å². The molecule has 3 heteroatoms. The van der Waals surface area contributed by atoms with Crippen LogP contribution in [-0.2, 0) is 4.74 Å². The van der Waals surface area contributed by atoms with Crippen LogP contribution in [0.5, 0.6) is 0 Å². The van der Waals surface area contributed by atoms with Crippen molar-refractivity contribution < 1.29 is 4.74 Å². The molecule has 3 atom stereocenters. The molecule has 1 rings (SSSR count). The fourth-order valence-corrected chi connectivity index (χ4v) is 4.33. The molecule has 0 bridgehead atoms. The van der Waals surface area contributed by atoms with Crippen molar-refractivity contribution >= 4 is 11.6 Å². The molecule has 0 aliphatic carbocycles. The smallest absolute Gasteiger partial charge is 0.171 e. The summed E-state index contributed by atoms with van der Waals surface area (Å²) in [7, 11) is 0. The van der Waals surface area contributed by atoms with Crippen molar-refractivity contribution in [1.82, 2.24) is 6.15 Å². The minimum absolute atomic E-state index is 0. The molecule has 1 aliphatic heterocycles. The minimum atomic E-state index is -0.362. The van der Waals surface area contributed by atoms with Gasteiger partial charge in [0.05, 0.1) is 0 Å². The molecule has 0 radical (unpaired) electrons. The molecule has 146 valence electrons. The fraction of sp³-hybridized carbons (Fsp3) is 1.00. The summed E-state index contributed by atoms with van der Waals surface area (Å²) in [6.07, 6.45) is 18.8. The second-order valence-electron chi connectivity index (χ2n) is 7.91. The van der Waals surface area contributed by atoms with Crippen LogP contribution < -0.4 is 6.15 Å². The molecule has 3 unspecified atom stereocenters. The van der Waals surface area contributed by atoms with Gasteiger partial charge in [-0.25, -0.2) is 0 Å². The van der Waals surface area contributed by atoms with Gasteiger partial charge >= 0.3 is 0 Å². The molecule has 3 N–H and O–H groups in total. The topological polar surface area (TPSA) is 47.5 Å². The van der Waals surface area contributed by atoms with E-state index in [2.05, 4.69) is 27.7 Å². The van der Waals surface area contributed by atoms with Crippen molar-refractivity contribution in [3.05, 3.63) is 0 Å². The molecule has 1 fully saturated rings. The lowest BCUT2D eigenvalue weighted by molar-refractivity contribution is 0.228. The number of hydrogen-bond acceptors (Lipinski definition) is 2. The van der Waals surface area contributed by atoms with Crippen LogP contribution in [0.25, 0.3) is 0 Å². The van der Waals surface area contributed by atoms with E-state index in [1.165, 1.54) is 77.0 Å². The van der Waals surface area contributed by atoms with E-state index >= 15 is 0 Å². The standard InChI is InChI=1S/C21H41ClO.H3N/c1-5-7-8-9-10-11-12-13-14-15-16-17-19(3)20(4)21(22,23-20)18-6-2;/h19H,5-18H2,1-4H3;1H3. The fourth-order valence-electron chi connectivity index (χ4n) is 3.79. The van der Waals surface area contributed by atoms with Gasteiger partial charge in [0.1, 0.15) is 5.60 Å². The Labute approximate surface area is 157 Å². The van der Waals surface area contributed by atoms with E-state index in [4.69, 9.17) is 16.3 Å². The van der Waals surface area contributed by atoms with Gasteiger partial charge in [-0.15, -0.1) is 0 Å². The Bertz CT molecular complexity index is 312. The molecular formula is C21H44ClNO. The summed E-state index contributed by atoms with van der Waals surface area (Å²) in [6, 6.07) is 0. The third kappa shape index (κ3) is 7.62. The lowest BCUT2D eigenvalue weighted by Crippen LogP contribution is -2.25. The number of rotatable bonds is 15. The first-order valence-electron chi connectivity index (χ1n) is 10.4. The third-order valence-corrected chi connectivity index (χ3v) is 6.47. The molecule has 0 amide bonds. The Balaban J connectivity index is 0.00000529.